The Bertz CT molecular complexity index is 369. The molecule has 0 amide bonds. The van der Waals surface area contributed by atoms with E-state index in [1.54, 1.807) is 0 Å². The molecule has 0 aliphatic carbocycles. The van der Waals surface area contributed by atoms with Gasteiger partial charge in [0.2, 0.25) is 5.69 Å². The number of hydrogen-bond acceptors (Lipinski definition) is 6. The first-order valence-corrected chi connectivity index (χ1v) is 3.32. The molecule has 0 bridgehead atoms. The number of aromatic nitrogens is 1. The van der Waals surface area contributed by atoms with Gasteiger partial charge < -0.3 is 14.0 Å². The summed E-state index contributed by atoms with van der Waals surface area (Å²) in [7, 11) is 2.50. The van der Waals surface area contributed by atoms with Crippen molar-refractivity contribution in [1.29, 1.82) is 0 Å². The van der Waals surface area contributed by atoms with Crippen molar-refractivity contribution >= 4 is 5.97 Å². The molecule has 6 heteroatoms. The molecule has 0 fully saturated rings. The fraction of sp³-hybridized carbons (Fsp3) is 0.286. The molecule has 6 nitrogen and oxygen atoms in total. The minimum Gasteiger partial charge on any atom is -0.494 e. The van der Waals surface area contributed by atoms with Gasteiger partial charge in [-0.05, 0) is 0 Å². The second-order valence-electron chi connectivity index (χ2n) is 2.05. The Balaban J connectivity index is 3.21. The summed E-state index contributed by atoms with van der Waals surface area (Å²) in [5.74, 6) is -0.691. The summed E-state index contributed by atoms with van der Waals surface area (Å²) in [5, 5.41) is 3.23. The Morgan fingerprint density at radius 1 is 1.54 bits per heavy atom. The van der Waals surface area contributed by atoms with Crippen molar-refractivity contribution in [2.45, 2.75) is 0 Å². The summed E-state index contributed by atoms with van der Waals surface area (Å²) in [4.78, 5) is 21.6. The van der Waals surface area contributed by atoms with Crippen LogP contribution in [-0.2, 0) is 4.74 Å². The van der Waals surface area contributed by atoms with E-state index in [-0.39, 0.29) is 11.4 Å². The van der Waals surface area contributed by atoms with Crippen LogP contribution in [0.2, 0.25) is 0 Å². The number of esters is 1. The highest BCUT2D eigenvalue weighted by molar-refractivity contribution is 5.89. The molecule has 0 spiro atoms. The maximum Gasteiger partial charge on any atom is 0.364 e. The summed E-state index contributed by atoms with van der Waals surface area (Å²) in [5.41, 5.74) is -0.853. The van der Waals surface area contributed by atoms with Crippen molar-refractivity contribution in [2.24, 2.45) is 0 Å². The third kappa shape index (κ3) is 1.84. The minimum atomic E-state index is -0.722. The van der Waals surface area contributed by atoms with Gasteiger partial charge in [-0.25, -0.2) is 9.59 Å². The fourth-order valence-electron chi connectivity index (χ4n) is 0.728. The second kappa shape index (κ2) is 3.70. The van der Waals surface area contributed by atoms with Crippen LogP contribution in [0.3, 0.4) is 0 Å². The summed E-state index contributed by atoms with van der Waals surface area (Å²) in [6, 6.07) is 1.01. The molecular weight excluding hydrogens is 178 g/mol. The summed E-state index contributed by atoms with van der Waals surface area (Å²) < 4.78 is 13.3. The molecule has 0 aliphatic rings. The van der Waals surface area contributed by atoms with Gasteiger partial charge in [0.05, 0.1) is 20.3 Å². The number of ether oxygens (including phenoxy) is 2. The molecule has 1 heterocycles. The lowest BCUT2D eigenvalue weighted by atomic mass is 10.3. The van der Waals surface area contributed by atoms with Crippen LogP contribution in [0.5, 0.6) is 5.75 Å². The average molecular weight is 185 g/mol. The first-order valence-electron chi connectivity index (χ1n) is 3.32. The number of carbonyl (C=O) groups is 1. The lowest BCUT2D eigenvalue weighted by Crippen LogP contribution is -2.11. The highest BCUT2D eigenvalue weighted by atomic mass is 16.5. The van der Waals surface area contributed by atoms with Crippen molar-refractivity contribution in [3.05, 3.63) is 22.2 Å². The number of carbonyl (C=O) groups excluding carboxylic acids is 1. The van der Waals surface area contributed by atoms with Crippen LogP contribution >= 0.6 is 0 Å². The molecule has 1 aromatic heterocycles. The number of methoxy groups -OCH3 is 2. The standard InChI is InChI=1S/C7H7NO5/c1-11-4-3-5(9)13-8-6(4)7(10)12-2/h3H,1-2H3. The molecule has 0 N–H and O–H groups in total. The molecule has 70 valence electrons. The van der Waals surface area contributed by atoms with Gasteiger partial charge in [0, 0.05) is 0 Å². The summed E-state index contributed by atoms with van der Waals surface area (Å²) >= 11 is 0. The van der Waals surface area contributed by atoms with Crippen LogP contribution < -0.4 is 10.4 Å². The van der Waals surface area contributed by atoms with Gasteiger partial charge in [-0.2, -0.15) is 0 Å². The van der Waals surface area contributed by atoms with Crippen molar-refractivity contribution in [3.63, 3.8) is 0 Å². The van der Waals surface area contributed by atoms with Crippen molar-refractivity contribution < 1.29 is 18.8 Å². The van der Waals surface area contributed by atoms with Gasteiger partial charge in [0.1, 0.15) is 0 Å². The monoisotopic (exact) mass is 185 g/mol. The first kappa shape index (κ1) is 9.24. The number of nitrogens with zero attached hydrogens (tertiary/aromatic N) is 1. The van der Waals surface area contributed by atoms with Crippen LogP contribution in [-0.4, -0.2) is 25.3 Å². The molecule has 0 saturated heterocycles. The molecule has 1 rings (SSSR count). The Morgan fingerprint density at radius 3 is 2.77 bits per heavy atom. The Morgan fingerprint density at radius 2 is 2.23 bits per heavy atom. The Hall–Kier alpha value is -1.85. The van der Waals surface area contributed by atoms with E-state index in [0.29, 0.717) is 0 Å². The third-order valence-corrected chi connectivity index (χ3v) is 1.31. The van der Waals surface area contributed by atoms with E-state index >= 15 is 0 Å². The summed E-state index contributed by atoms with van der Waals surface area (Å²) in [6.45, 7) is 0. The van der Waals surface area contributed by atoms with Gasteiger partial charge in [-0.3, -0.25) is 0 Å². The van der Waals surface area contributed by atoms with Crippen molar-refractivity contribution in [1.82, 2.24) is 5.16 Å². The molecule has 13 heavy (non-hydrogen) atoms. The van der Waals surface area contributed by atoms with Crippen LogP contribution in [0.4, 0.5) is 0 Å². The van der Waals surface area contributed by atoms with Gasteiger partial charge in [0.25, 0.3) is 0 Å². The van der Waals surface area contributed by atoms with E-state index in [9.17, 15) is 9.59 Å². The van der Waals surface area contributed by atoms with Gasteiger partial charge in [-0.15, -0.1) is 0 Å². The van der Waals surface area contributed by atoms with E-state index in [1.807, 2.05) is 0 Å². The number of rotatable bonds is 2. The maximum absolute atomic E-state index is 11.0. The molecular formula is C7H7NO5. The zero-order valence-electron chi connectivity index (χ0n) is 7.07. The zero-order chi connectivity index (χ0) is 9.84. The SMILES string of the molecule is COC(=O)c1noc(=O)cc1OC. The van der Waals surface area contributed by atoms with Crippen molar-refractivity contribution in [3.8, 4) is 5.75 Å². The molecule has 0 saturated carbocycles. The van der Waals surface area contributed by atoms with Crippen molar-refractivity contribution in [2.75, 3.05) is 14.2 Å². The van der Waals surface area contributed by atoms with E-state index < -0.39 is 11.6 Å². The van der Waals surface area contributed by atoms with Gasteiger partial charge in [-0.1, -0.05) is 5.16 Å². The van der Waals surface area contributed by atoms with Crippen LogP contribution in [0.25, 0.3) is 0 Å². The molecule has 0 aliphatic heterocycles. The predicted molar refractivity (Wildman–Crippen MR) is 40.7 cm³/mol. The smallest absolute Gasteiger partial charge is 0.364 e. The lowest BCUT2D eigenvalue weighted by Gasteiger charge is -2.01. The largest absolute Gasteiger partial charge is 0.494 e. The molecule has 1 aromatic rings. The van der Waals surface area contributed by atoms with E-state index in [2.05, 4.69) is 14.4 Å². The lowest BCUT2D eigenvalue weighted by molar-refractivity contribution is 0.0578. The maximum atomic E-state index is 11.0. The first-order chi connectivity index (χ1) is 6.19. The topological polar surface area (TPSA) is 78.6 Å². The predicted octanol–water partition coefficient (Wildman–Crippen LogP) is -0.170. The molecule has 0 atom stereocenters. The van der Waals surface area contributed by atoms with Crippen LogP contribution in [0, 0.1) is 0 Å². The number of hydrogen-bond donors (Lipinski definition) is 0. The summed E-state index contributed by atoms with van der Waals surface area (Å²) in [6.07, 6.45) is 0. The molecule has 0 aromatic carbocycles. The fourth-order valence-corrected chi connectivity index (χ4v) is 0.728. The van der Waals surface area contributed by atoms with Crippen LogP contribution in [0.15, 0.2) is 15.4 Å². The minimum absolute atomic E-state index is 0.0306. The Labute approximate surface area is 73.1 Å². The van der Waals surface area contributed by atoms with Crippen LogP contribution in [0.1, 0.15) is 10.5 Å². The molecule has 0 radical (unpaired) electrons. The highest BCUT2D eigenvalue weighted by Crippen LogP contribution is 2.12. The third-order valence-electron chi connectivity index (χ3n) is 1.31. The highest BCUT2D eigenvalue weighted by Gasteiger charge is 2.16. The van der Waals surface area contributed by atoms with Gasteiger partial charge >= 0.3 is 11.6 Å². The zero-order valence-corrected chi connectivity index (χ0v) is 7.07. The normalized spacial score (nSPS) is 9.38. The second-order valence-corrected chi connectivity index (χ2v) is 2.05. The van der Waals surface area contributed by atoms with Gasteiger partial charge in [0.15, 0.2) is 5.75 Å². The van der Waals surface area contributed by atoms with E-state index in [1.165, 1.54) is 14.2 Å². The molecule has 0 unspecified atom stereocenters. The van der Waals surface area contributed by atoms with E-state index in [4.69, 9.17) is 4.74 Å². The average Bonchev–Trinajstić information content (AvgIpc) is 2.16. The Kier molecular flexibility index (Phi) is 2.63. The van der Waals surface area contributed by atoms with E-state index in [0.717, 1.165) is 6.07 Å². The quantitative estimate of drug-likeness (QED) is 0.595.